The molecule has 0 aliphatic carbocycles. The summed E-state index contributed by atoms with van der Waals surface area (Å²) in [6, 6.07) is 17.5. The van der Waals surface area contributed by atoms with Gasteiger partial charge < -0.3 is 15.1 Å². The van der Waals surface area contributed by atoms with E-state index in [0.717, 1.165) is 30.8 Å². The maximum absolute atomic E-state index is 12.5. The summed E-state index contributed by atoms with van der Waals surface area (Å²) in [4.78, 5) is 28.0. The first-order chi connectivity index (χ1) is 13.6. The summed E-state index contributed by atoms with van der Waals surface area (Å²) in [5.74, 6) is 0.628. The van der Waals surface area contributed by atoms with Crippen LogP contribution in [0.25, 0.3) is 0 Å². The molecule has 1 atom stereocenters. The molecular formula is C23H30N3O2+. The average molecular weight is 381 g/mol. The second-order valence-corrected chi connectivity index (χ2v) is 7.56. The van der Waals surface area contributed by atoms with Gasteiger partial charge in [-0.3, -0.25) is 9.59 Å². The number of quaternary nitrogens is 1. The van der Waals surface area contributed by atoms with Gasteiger partial charge in [0.1, 0.15) is 0 Å². The molecule has 5 heteroatoms. The third-order valence-electron chi connectivity index (χ3n) is 5.56. The Hall–Kier alpha value is -2.66. The van der Waals surface area contributed by atoms with Gasteiger partial charge >= 0.3 is 0 Å². The van der Waals surface area contributed by atoms with Gasteiger partial charge in [-0.15, -0.1) is 0 Å². The fraction of sp³-hybridized carbons (Fsp3) is 0.391. The van der Waals surface area contributed by atoms with E-state index in [1.165, 1.54) is 10.5 Å². The highest BCUT2D eigenvalue weighted by Gasteiger charge is 2.25. The lowest BCUT2D eigenvalue weighted by atomic mass is 9.99. The van der Waals surface area contributed by atoms with E-state index in [2.05, 4.69) is 31.3 Å². The van der Waals surface area contributed by atoms with Crippen LogP contribution in [0.15, 0.2) is 54.6 Å². The molecule has 148 valence electrons. The number of hydrogen-bond acceptors (Lipinski definition) is 2. The van der Waals surface area contributed by atoms with Gasteiger partial charge in [0.05, 0.1) is 26.2 Å². The van der Waals surface area contributed by atoms with Gasteiger partial charge in [0.2, 0.25) is 0 Å². The Labute approximate surface area is 167 Å². The van der Waals surface area contributed by atoms with Crippen LogP contribution in [0.3, 0.4) is 0 Å². The Morgan fingerprint density at radius 2 is 1.68 bits per heavy atom. The monoisotopic (exact) mass is 380 g/mol. The highest BCUT2D eigenvalue weighted by molar-refractivity contribution is 5.94. The molecule has 0 radical (unpaired) electrons. The fourth-order valence-corrected chi connectivity index (χ4v) is 3.53. The van der Waals surface area contributed by atoms with Crippen LogP contribution in [0, 0.1) is 0 Å². The minimum absolute atomic E-state index is 0.0223. The average Bonchev–Trinajstić information content (AvgIpc) is 2.74. The van der Waals surface area contributed by atoms with E-state index in [9.17, 15) is 9.59 Å². The third-order valence-corrected chi connectivity index (χ3v) is 5.56. The minimum Gasteiger partial charge on any atom is -0.327 e. The molecule has 1 fully saturated rings. The zero-order valence-electron chi connectivity index (χ0n) is 16.8. The predicted molar refractivity (Wildman–Crippen MR) is 112 cm³/mol. The van der Waals surface area contributed by atoms with E-state index in [1.807, 2.05) is 47.4 Å². The van der Waals surface area contributed by atoms with Gasteiger partial charge in [-0.05, 0) is 42.2 Å². The Kier molecular flexibility index (Phi) is 6.82. The van der Waals surface area contributed by atoms with Crippen LogP contribution in [0.1, 0.15) is 42.1 Å². The van der Waals surface area contributed by atoms with Gasteiger partial charge in [-0.1, -0.05) is 44.2 Å². The van der Waals surface area contributed by atoms with E-state index < -0.39 is 0 Å². The van der Waals surface area contributed by atoms with Crippen LogP contribution in [0.2, 0.25) is 0 Å². The lowest BCUT2D eigenvalue weighted by molar-refractivity contribution is -0.895. The molecule has 1 aliphatic rings. The molecule has 28 heavy (non-hydrogen) atoms. The zero-order valence-corrected chi connectivity index (χ0v) is 16.8. The second kappa shape index (κ2) is 9.51. The first kappa shape index (κ1) is 20.1. The summed E-state index contributed by atoms with van der Waals surface area (Å²) in [6.07, 6.45) is 1.10. The smallest absolute Gasteiger partial charge is 0.279 e. The van der Waals surface area contributed by atoms with Crippen molar-refractivity contribution in [1.82, 2.24) is 4.90 Å². The van der Waals surface area contributed by atoms with Crippen molar-refractivity contribution in [2.24, 2.45) is 0 Å². The summed E-state index contributed by atoms with van der Waals surface area (Å²) in [6.45, 7) is 7.76. The normalized spacial score (nSPS) is 15.9. The number of rotatable bonds is 6. The lowest BCUT2D eigenvalue weighted by Gasteiger charge is -2.32. The molecule has 3 rings (SSSR count). The topological polar surface area (TPSA) is 53.9 Å². The largest absolute Gasteiger partial charge is 0.327 e. The van der Waals surface area contributed by atoms with Crippen molar-refractivity contribution in [3.8, 4) is 0 Å². The number of benzene rings is 2. The summed E-state index contributed by atoms with van der Waals surface area (Å²) in [5.41, 5.74) is 2.87. The van der Waals surface area contributed by atoms with Crippen molar-refractivity contribution < 1.29 is 14.5 Å². The lowest BCUT2D eigenvalue weighted by Crippen LogP contribution is -3.15. The number of carbonyl (C=O) groups excluding carboxylic acids is 2. The number of amides is 2. The number of anilines is 1. The molecule has 0 unspecified atom stereocenters. The highest BCUT2D eigenvalue weighted by atomic mass is 16.2. The standard InChI is InChI=1S/C23H29N3O2/c1-3-18(2)19-9-11-21(12-10-19)24-22(27)17-25-13-15-26(16-14-25)23(28)20-7-5-4-6-8-20/h4-12,18H,3,13-17H2,1-2H3,(H,24,27)/p+1/t18-/m1/s1. The van der Waals surface area contributed by atoms with E-state index in [4.69, 9.17) is 0 Å². The molecule has 1 aliphatic heterocycles. The highest BCUT2D eigenvalue weighted by Crippen LogP contribution is 2.20. The molecule has 1 heterocycles. The molecule has 0 aromatic heterocycles. The number of carbonyl (C=O) groups is 2. The Morgan fingerprint density at radius 3 is 2.29 bits per heavy atom. The van der Waals surface area contributed by atoms with Gasteiger partial charge in [0.25, 0.3) is 11.8 Å². The molecule has 2 aromatic carbocycles. The Balaban J connectivity index is 1.45. The van der Waals surface area contributed by atoms with Crippen molar-refractivity contribution in [1.29, 1.82) is 0 Å². The summed E-state index contributed by atoms with van der Waals surface area (Å²) in [5, 5.41) is 2.99. The minimum atomic E-state index is 0.0223. The Morgan fingerprint density at radius 1 is 1.04 bits per heavy atom. The predicted octanol–water partition coefficient (Wildman–Crippen LogP) is 2.18. The van der Waals surface area contributed by atoms with E-state index in [0.29, 0.717) is 25.6 Å². The van der Waals surface area contributed by atoms with Gasteiger partial charge in [-0.25, -0.2) is 0 Å². The van der Waals surface area contributed by atoms with Crippen molar-refractivity contribution in [2.45, 2.75) is 26.2 Å². The Bertz CT molecular complexity index is 781. The van der Waals surface area contributed by atoms with Gasteiger partial charge in [0.15, 0.2) is 6.54 Å². The van der Waals surface area contributed by atoms with Crippen molar-refractivity contribution in [3.63, 3.8) is 0 Å². The number of piperazine rings is 1. The van der Waals surface area contributed by atoms with Crippen molar-refractivity contribution >= 4 is 17.5 Å². The maximum atomic E-state index is 12.5. The molecule has 0 spiro atoms. The molecule has 0 bridgehead atoms. The van der Waals surface area contributed by atoms with Crippen LogP contribution in [0.4, 0.5) is 5.69 Å². The summed E-state index contributed by atoms with van der Waals surface area (Å²) >= 11 is 0. The van der Waals surface area contributed by atoms with Crippen LogP contribution >= 0.6 is 0 Å². The molecular weight excluding hydrogens is 350 g/mol. The molecule has 5 nitrogen and oxygen atoms in total. The maximum Gasteiger partial charge on any atom is 0.279 e. The van der Waals surface area contributed by atoms with Crippen molar-refractivity contribution in [3.05, 3.63) is 65.7 Å². The van der Waals surface area contributed by atoms with Gasteiger partial charge in [-0.2, -0.15) is 0 Å². The second-order valence-electron chi connectivity index (χ2n) is 7.56. The van der Waals surface area contributed by atoms with Crippen LogP contribution in [0.5, 0.6) is 0 Å². The first-order valence-corrected chi connectivity index (χ1v) is 10.1. The fourth-order valence-electron chi connectivity index (χ4n) is 3.53. The number of nitrogens with zero attached hydrogens (tertiary/aromatic N) is 1. The quantitative estimate of drug-likeness (QED) is 0.807. The molecule has 2 aromatic rings. The van der Waals surface area contributed by atoms with E-state index in [1.54, 1.807) is 0 Å². The first-order valence-electron chi connectivity index (χ1n) is 10.1. The van der Waals surface area contributed by atoms with Crippen LogP contribution < -0.4 is 10.2 Å². The molecule has 2 amide bonds. The third kappa shape index (κ3) is 5.20. The zero-order chi connectivity index (χ0) is 19.9. The van der Waals surface area contributed by atoms with E-state index >= 15 is 0 Å². The SMILES string of the molecule is CC[C@@H](C)c1ccc(NC(=O)C[NH+]2CCN(C(=O)c3ccccc3)CC2)cc1. The number of nitrogens with one attached hydrogen (secondary N) is 2. The summed E-state index contributed by atoms with van der Waals surface area (Å²) in [7, 11) is 0. The van der Waals surface area contributed by atoms with Crippen molar-refractivity contribution in [2.75, 3.05) is 38.0 Å². The van der Waals surface area contributed by atoms with E-state index in [-0.39, 0.29) is 11.8 Å². The van der Waals surface area contributed by atoms with Gasteiger partial charge in [0, 0.05) is 11.3 Å². The molecule has 2 N–H and O–H groups in total. The molecule has 0 saturated carbocycles. The number of hydrogen-bond donors (Lipinski definition) is 2. The molecule has 1 saturated heterocycles. The van der Waals surface area contributed by atoms with Crippen LogP contribution in [-0.2, 0) is 4.79 Å². The van der Waals surface area contributed by atoms with Crippen LogP contribution in [-0.4, -0.2) is 49.4 Å². The summed E-state index contributed by atoms with van der Waals surface area (Å²) < 4.78 is 0.